The van der Waals surface area contributed by atoms with E-state index in [0.717, 1.165) is 17.8 Å². The number of methoxy groups -OCH3 is 1. The van der Waals surface area contributed by atoms with Crippen molar-refractivity contribution in [3.05, 3.63) is 47.5 Å². The summed E-state index contributed by atoms with van der Waals surface area (Å²) in [5, 5.41) is 5.99. The summed E-state index contributed by atoms with van der Waals surface area (Å²) in [7, 11) is 1.72. The van der Waals surface area contributed by atoms with Gasteiger partial charge in [0.15, 0.2) is 0 Å². The van der Waals surface area contributed by atoms with E-state index in [9.17, 15) is 0 Å². The van der Waals surface area contributed by atoms with Crippen LogP contribution >= 0.6 is 0 Å². The summed E-state index contributed by atoms with van der Waals surface area (Å²) in [6.07, 6.45) is 4.29. The number of nitrogens with one attached hydrogen (secondary N) is 1. The molecule has 1 atom stereocenters. The molecule has 0 spiro atoms. The lowest BCUT2D eigenvalue weighted by Gasteiger charge is -2.23. The van der Waals surface area contributed by atoms with Gasteiger partial charge in [0.1, 0.15) is 0 Å². The van der Waals surface area contributed by atoms with Crippen LogP contribution in [0.3, 0.4) is 0 Å². The molecule has 1 aliphatic carbocycles. The summed E-state index contributed by atoms with van der Waals surface area (Å²) in [6, 6.07) is 10.7. The van der Waals surface area contributed by atoms with Gasteiger partial charge in [-0.15, -0.1) is 0 Å². The maximum atomic E-state index is 6.08. The highest BCUT2D eigenvalue weighted by Crippen LogP contribution is 2.36. The van der Waals surface area contributed by atoms with Gasteiger partial charge < -0.3 is 15.8 Å². The van der Waals surface area contributed by atoms with Crippen molar-refractivity contribution in [3.8, 4) is 0 Å². The van der Waals surface area contributed by atoms with Crippen molar-refractivity contribution in [2.45, 2.75) is 6.04 Å². The second-order valence-corrected chi connectivity index (χ2v) is 4.80. The van der Waals surface area contributed by atoms with E-state index in [1.165, 1.54) is 16.3 Å². The second-order valence-electron chi connectivity index (χ2n) is 4.80. The first-order valence-corrected chi connectivity index (χ1v) is 6.53. The lowest BCUT2D eigenvalue weighted by Crippen LogP contribution is -2.25. The van der Waals surface area contributed by atoms with Crippen molar-refractivity contribution in [2.24, 2.45) is 0 Å². The fourth-order valence-corrected chi connectivity index (χ4v) is 2.68. The second kappa shape index (κ2) is 5.03. The molecule has 0 amide bonds. The van der Waals surface area contributed by atoms with Crippen LogP contribution in [0.1, 0.15) is 17.2 Å². The molecule has 2 aromatic carbocycles. The van der Waals surface area contributed by atoms with Gasteiger partial charge in [0, 0.05) is 24.9 Å². The van der Waals surface area contributed by atoms with Crippen molar-refractivity contribution in [2.75, 3.05) is 26.0 Å². The van der Waals surface area contributed by atoms with Crippen LogP contribution in [-0.2, 0) is 4.74 Å². The Kier molecular flexibility index (Phi) is 3.23. The maximum Gasteiger partial charge on any atom is 0.0587 e. The molecule has 0 saturated carbocycles. The van der Waals surface area contributed by atoms with E-state index in [2.05, 4.69) is 41.7 Å². The van der Waals surface area contributed by atoms with E-state index in [-0.39, 0.29) is 6.04 Å². The van der Waals surface area contributed by atoms with Crippen molar-refractivity contribution in [1.29, 1.82) is 0 Å². The summed E-state index contributed by atoms with van der Waals surface area (Å²) in [4.78, 5) is 0. The van der Waals surface area contributed by atoms with Crippen LogP contribution in [0.2, 0.25) is 0 Å². The van der Waals surface area contributed by atoms with Crippen LogP contribution in [0.4, 0.5) is 5.69 Å². The first-order chi connectivity index (χ1) is 9.31. The molecule has 0 heterocycles. The number of benzene rings is 2. The first kappa shape index (κ1) is 12.2. The van der Waals surface area contributed by atoms with Crippen molar-refractivity contribution >= 4 is 22.5 Å². The number of rotatable bonds is 4. The molecule has 0 bridgehead atoms. The Hall–Kier alpha value is -1.84. The Bertz CT molecular complexity index is 634. The maximum absolute atomic E-state index is 6.08. The number of ether oxygens (including phenoxy) is 1. The van der Waals surface area contributed by atoms with Gasteiger partial charge in [0.05, 0.1) is 12.6 Å². The van der Waals surface area contributed by atoms with Gasteiger partial charge in [-0.2, -0.15) is 0 Å². The van der Waals surface area contributed by atoms with E-state index in [1.54, 1.807) is 7.11 Å². The van der Waals surface area contributed by atoms with Crippen LogP contribution in [0.5, 0.6) is 0 Å². The number of nitrogens with two attached hydrogens (primary N) is 1. The van der Waals surface area contributed by atoms with Gasteiger partial charge in [-0.1, -0.05) is 36.4 Å². The average Bonchev–Trinajstić information content (AvgIpc) is 2.44. The van der Waals surface area contributed by atoms with Gasteiger partial charge in [-0.3, -0.25) is 0 Å². The average molecular weight is 254 g/mol. The molecule has 0 fully saturated rings. The van der Waals surface area contributed by atoms with E-state index < -0.39 is 0 Å². The van der Waals surface area contributed by atoms with E-state index >= 15 is 0 Å². The van der Waals surface area contributed by atoms with Gasteiger partial charge in [-0.05, 0) is 22.4 Å². The molecule has 1 unspecified atom stereocenters. The van der Waals surface area contributed by atoms with Crippen molar-refractivity contribution in [1.82, 2.24) is 5.32 Å². The normalized spacial score (nSPS) is 17.0. The quantitative estimate of drug-likeness (QED) is 0.651. The predicted molar refractivity (Wildman–Crippen MR) is 80.0 cm³/mol. The Morgan fingerprint density at radius 2 is 2.16 bits per heavy atom. The number of nitrogen functional groups attached to an aromatic ring is 1. The van der Waals surface area contributed by atoms with Crippen molar-refractivity contribution < 1.29 is 4.74 Å². The Labute approximate surface area is 113 Å². The standard InChI is InChI=1S/C16H18N2O/c1-19-10-9-18-15-8-6-12-14(17)7-5-11-3-2-4-13(15)16(11)12/h2-8,15,18H,9-10,17H2,1H3. The highest BCUT2D eigenvalue weighted by molar-refractivity contribution is 5.99. The molecule has 98 valence electrons. The lowest BCUT2D eigenvalue weighted by atomic mass is 9.89. The van der Waals surface area contributed by atoms with Crippen LogP contribution in [-0.4, -0.2) is 20.3 Å². The molecule has 3 nitrogen and oxygen atoms in total. The Balaban J connectivity index is 2.05. The van der Waals surface area contributed by atoms with Crippen molar-refractivity contribution in [3.63, 3.8) is 0 Å². The highest BCUT2D eigenvalue weighted by atomic mass is 16.5. The third-order valence-corrected chi connectivity index (χ3v) is 3.61. The van der Waals surface area contributed by atoms with Crippen LogP contribution in [0, 0.1) is 0 Å². The molecule has 0 radical (unpaired) electrons. The minimum Gasteiger partial charge on any atom is -0.398 e. The van der Waals surface area contributed by atoms with Crippen LogP contribution < -0.4 is 11.1 Å². The Morgan fingerprint density at radius 1 is 1.26 bits per heavy atom. The zero-order valence-corrected chi connectivity index (χ0v) is 11.0. The molecule has 2 aromatic rings. The summed E-state index contributed by atoms with van der Waals surface area (Å²) < 4.78 is 5.09. The SMILES string of the molecule is COCCNC1C=Cc2c(N)ccc3cccc1c23. The van der Waals surface area contributed by atoms with Gasteiger partial charge in [-0.25, -0.2) is 0 Å². The largest absolute Gasteiger partial charge is 0.398 e. The lowest BCUT2D eigenvalue weighted by molar-refractivity contribution is 0.197. The molecule has 0 aliphatic heterocycles. The fraction of sp³-hybridized carbons (Fsp3) is 0.250. The summed E-state index contributed by atoms with van der Waals surface area (Å²) in [5.41, 5.74) is 9.34. The number of anilines is 1. The highest BCUT2D eigenvalue weighted by Gasteiger charge is 2.18. The van der Waals surface area contributed by atoms with Gasteiger partial charge in [0.2, 0.25) is 0 Å². The molecule has 1 aliphatic rings. The van der Waals surface area contributed by atoms with Gasteiger partial charge >= 0.3 is 0 Å². The summed E-state index contributed by atoms with van der Waals surface area (Å²) in [5.74, 6) is 0. The molecule has 19 heavy (non-hydrogen) atoms. The monoisotopic (exact) mass is 254 g/mol. The molecule has 0 saturated heterocycles. The molecule has 3 rings (SSSR count). The summed E-state index contributed by atoms with van der Waals surface area (Å²) in [6.45, 7) is 1.55. The van der Waals surface area contributed by atoms with Crippen LogP contribution in [0.15, 0.2) is 36.4 Å². The van der Waals surface area contributed by atoms with Crippen LogP contribution in [0.25, 0.3) is 16.8 Å². The van der Waals surface area contributed by atoms with E-state index in [0.29, 0.717) is 6.61 Å². The zero-order valence-electron chi connectivity index (χ0n) is 11.0. The number of hydrogen-bond acceptors (Lipinski definition) is 3. The topological polar surface area (TPSA) is 47.3 Å². The molecule has 0 aromatic heterocycles. The van der Waals surface area contributed by atoms with E-state index in [4.69, 9.17) is 10.5 Å². The smallest absolute Gasteiger partial charge is 0.0587 e. The third-order valence-electron chi connectivity index (χ3n) is 3.61. The third kappa shape index (κ3) is 2.11. The van der Waals surface area contributed by atoms with Gasteiger partial charge in [0.25, 0.3) is 0 Å². The molecule has 3 heteroatoms. The molecule has 3 N–H and O–H groups in total. The Morgan fingerprint density at radius 3 is 3.00 bits per heavy atom. The molecular formula is C16H18N2O. The number of hydrogen-bond donors (Lipinski definition) is 2. The molecular weight excluding hydrogens is 236 g/mol. The fourth-order valence-electron chi connectivity index (χ4n) is 2.68. The minimum absolute atomic E-state index is 0.230. The zero-order chi connectivity index (χ0) is 13.2. The predicted octanol–water partition coefficient (Wildman–Crippen LogP) is 2.73. The first-order valence-electron chi connectivity index (χ1n) is 6.53. The van der Waals surface area contributed by atoms with E-state index in [1.807, 2.05) is 6.07 Å². The minimum atomic E-state index is 0.230. The summed E-state index contributed by atoms with van der Waals surface area (Å²) >= 11 is 0.